The third kappa shape index (κ3) is 2.42. The van der Waals surface area contributed by atoms with Gasteiger partial charge in [-0.05, 0) is 24.0 Å². The Kier molecular flexibility index (Phi) is 3.39. The number of benzene rings is 1. The van der Waals surface area contributed by atoms with Crippen molar-refractivity contribution in [2.24, 2.45) is 0 Å². The number of rotatable bonds is 3. The summed E-state index contributed by atoms with van der Waals surface area (Å²) >= 11 is 0. The molecule has 0 saturated carbocycles. The summed E-state index contributed by atoms with van der Waals surface area (Å²) in [6.07, 6.45) is 2.98. The van der Waals surface area contributed by atoms with Crippen LogP contribution in [-0.2, 0) is 6.42 Å². The van der Waals surface area contributed by atoms with E-state index in [1.807, 2.05) is 25.1 Å². The largest absolute Gasteiger partial charge is 0.516 e. The van der Waals surface area contributed by atoms with Gasteiger partial charge in [0.05, 0.1) is 6.26 Å². The third-order valence-electron chi connectivity index (χ3n) is 1.91. The molecule has 1 heteroatoms. The lowest BCUT2D eigenvalue weighted by Crippen LogP contribution is -1.88. The van der Waals surface area contributed by atoms with Crippen LogP contribution < -0.4 is 0 Å². The molecule has 0 spiro atoms. The molecule has 64 valence electrons. The van der Waals surface area contributed by atoms with Crippen molar-refractivity contribution in [3.05, 3.63) is 47.7 Å². The fourth-order valence-electron chi connectivity index (χ4n) is 1.12. The van der Waals surface area contributed by atoms with Gasteiger partial charge in [0.25, 0.3) is 0 Å². The molecule has 0 atom stereocenters. The van der Waals surface area contributed by atoms with Gasteiger partial charge in [0.15, 0.2) is 0 Å². The van der Waals surface area contributed by atoms with E-state index >= 15 is 0 Å². The first-order valence-electron chi connectivity index (χ1n) is 4.23. The summed E-state index contributed by atoms with van der Waals surface area (Å²) in [5, 5.41) is 8.83. The van der Waals surface area contributed by atoms with Crippen LogP contribution >= 0.6 is 0 Å². The zero-order chi connectivity index (χ0) is 8.81. The summed E-state index contributed by atoms with van der Waals surface area (Å²) in [6, 6.07) is 10.2. The first-order chi connectivity index (χ1) is 5.86. The first kappa shape index (κ1) is 8.85. The summed E-state index contributed by atoms with van der Waals surface area (Å²) in [4.78, 5) is 0. The molecule has 1 aromatic carbocycles. The third-order valence-corrected chi connectivity index (χ3v) is 1.91. The van der Waals surface area contributed by atoms with Crippen LogP contribution in [0.4, 0.5) is 0 Å². The highest BCUT2D eigenvalue weighted by molar-refractivity contribution is 5.20. The lowest BCUT2D eigenvalue weighted by atomic mass is 10.0. The van der Waals surface area contributed by atoms with E-state index in [0.717, 1.165) is 18.4 Å². The summed E-state index contributed by atoms with van der Waals surface area (Å²) < 4.78 is 0. The van der Waals surface area contributed by atoms with Gasteiger partial charge in [-0.2, -0.15) is 0 Å². The first-order valence-corrected chi connectivity index (χ1v) is 4.23. The smallest absolute Gasteiger partial charge is 0.0786 e. The van der Waals surface area contributed by atoms with Crippen molar-refractivity contribution >= 4 is 0 Å². The minimum absolute atomic E-state index is 0.855. The van der Waals surface area contributed by atoms with E-state index in [0.29, 0.717) is 0 Å². The molecule has 0 fully saturated rings. The maximum absolute atomic E-state index is 8.83. The predicted octanol–water partition coefficient (Wildman–Crippen LogP) is 3.08. The number of aliphatic hydroxyl groups excluding tert-OH is 1. The molecule has 0 aromatic heterocycles. The van der Waals surface area contributed by atoms with Crippen LogP contribution in [0.3, 0.4) is 0 Å². The molecular formula is C11H14O. The second kappa shape index (κ2) is 4.60. The maximum atomic E-state index is 8.83. The topological polar surface area (TPSA) is 20.2 Å². The summed E-state index contributed by atoms with van der Waals surface area (Å²) in [5.74, 6) is 0. The van der Waals surface area contributed by atoms with Crippen molar-refractivity contribution in [3.8, 4) is 0 Å². The molecule has 0 bridgehead atoms. The van der Waals surface area contributed by atoms with Crippen LogP contribution in [-0.4, -0.2) is 5.11 Å². The van der Waals surface area contributed by atoms with Crippen molar-refractivity contribution in [2.45, 2.75) is 19.8 Å². The van der Waals surface area contributed by atoms with Crippen LogP contribution in [0.1, 0.15) is 18.9 Å². The highest BCUT2D eigenvalue weighted by Gasteiger charge is 1.95. The highest BCUT2D eigenvalue weighted by atomic mass is 16.2. The van der Waals surface area contributed by atoms with E-state index in [9.17, 15) is 0 Å². The molecule has 0 aliphatic carbocycles. The Labute approximate surface area is 73.4 Å². The molecule has 1 nitrogen and oxygen atoms in total. The Hall–Kier alpha value is -1.24. The fourth-order valence-corrected chi connectivity index (χ4v) is 1.12. The molecule has 0 heterocycles. The summed E-state index contributed by atoms with van der Waals surface area (Å²) in [5.41, 5.74) is 2.32. The second-order valence-corrected chi connectivity index (χ2v) is 2.80. The van der Waals surface area contributed by atoms with Crippen LogP contribution in [0, 0.1) is 0 Å². The van der Waals surface area contributed by atoms with E-state index in [4.69, 9.17) is 5.11 Å². The molecule has 0 saturated heterocycles. The van der Waals surface area contributed by atoms with E-state index in [1.165, 1.54) is 11.8 Å². The quantitative estimate of drug-likeness (QED) is 0.677. The van der Waals surface area contributed by atoms with Gasteiger partial charge >= 0.3 is 0 Å². The van der Waals surface area contributed by atoms with Crippen molar-refractivity contribution < 1.29 is 5.11 Å². The molecule has 0 amide bonds. The lowest BCUT2D eigenvalue weighted by Gasteiger charge is -2.01. The summed E-state index contributed by atoms with van der Waals surface area (Å²) in [6.45, 7) is 2.05. The maximum Gasteiger partial charge on any atom is 0.0786 e. The lowest BCUT2D eigenvalue weighted by molar-refractivity contribution is 0.463. The predicted molar refractivity (Wildman–Crippen MR) is 51.1 cm³/mol. The van der Waals surface area contributed by atoms with E-state index < -0.39 is 0 Å². The van der Waals surface area contributed by atoms with E-state index in [2.05, 4.69) is 12.1 Å². The van der Waals surface area contributed by atoms with Gasteiger partial charge in [-0.25, -0.2) is 0 Å². The second-order valence-electron chi connectivity index (χ2n) is 2.80. The average molecular weight is 162 g/mol. The minimum Gasteiger partial charge on any atom is -0.516 e. The van der Waals surface area contributed by atoms with Gasteiger partial charge in [-0.15, -0.1) is 0 Å². The molecule has 0 unspecified atom stereocenters. The fraction of sp³-hybridized carbons (Fsp3) is 0.273. The van der Waals surface area contributed by atoms with Crippen LogP contribution in [0.25, 0.3) is 0 Å². The Bertz CT molecular complexity index is 249. The van der Waals surface area contributed by atoms with Gasteiger partial charge in [-0.1, -0.05) is 37.3 Å². The zero-order valence-corrected chi connectivity index (χ0v) is 7.33. The highest BCUT2D eigenvalue weighted by Crippen LogP contribution is 2.09. The molecule has 0 radical (unpaired) electrons. The van der Waals surface area contributed by atoms with Gasteiger partial charge in [0.1, 0.15) is 0 Å². The Morgan fingerprint density at radius 2 is 2.00 bits per heavy atom. The monoisotopic (exact) mass is 162 g/mol. The van der Waals surface area contributed by atoms with Crippen molar-refractivity contribution in [2.75, 3.05) is 0 Å². The molecule has 1 rings (SSSR count). The van der Waals surface area contributed by atoms with Gasteiger partial charge in [0, 0.05) is 0 Å². The molecule has 1 aromatic rings. The standard InChI is InChI=1S/C11H14O/c1-2-10(9-12)8-11-6-4-3-5-7-11/h3-7,9,12H,2,8H2,1H3. The van der Waals surface area contributed by atoms with Gasteiger partial charge < -0.3 is 5.11 Å². The van der Waals surface area contributed by atoms with E-state index in [1.54, 1.807) is 0 Å². The number of aliphatic hydroxyl groups is 1. The molecular weight excluding hydrogens is 148 g/mol. The zero-order valence-electron chi connectivity index (χ0n) is 7.33. The molecule has 0 aliphatic heterocycles. The Morgan fingerprint density at radius 1 is 1.33 bits per heavy atom. The molecule has 0 aliphatic rings. The van der Waals surface area contributed by atoms with Gasteiger partial charge in [-0.3, -0.25) is 0 Å². The van der Waals surface area contributed by atoms with Crippen molar-refractivity contribution in [1.29, 1.82) is 0 Å². The van der Waals surface area contributed by atoms with Gasteiger partial charge in [0.2, 0.25) is 0 Å². The van der Waals surface area contributed by atoms with Crippen LogP contribution in [0.5, 0.6) is 0 Å². The average Bonchev–Trinajstić information content (AvgIpc) is 2.16. The number of hydrogen-bond acceptors (Lipinski definition) is 1. The normalized spacial score (nSPS) is 11.6. The van der Waals surface area contributed by atoms with Crippen LogP contribution in [0.15, 0.2) is 42.2 Å². The SMILES string of the molecule is CCC(=CO)Cc1ccccc1. The van der Waals surface area contributed by atoms with E-state index in [-0.39, 0.29) is 0 Å². The Balaban J connectivity index is 2.64. The van der Waals surface area contributed by atoms with Crippen LogP contribution in [0.2, 0.25) is 0 Å². The molecule has 1 N–H and O–H groups in total. The minimum atomic E-state index is 0.855. The number of hydrogen-bond donors (Lipinski definition) is 1. The van der Waals surface area contributed by atoms with Crippen molar-refractivity contribution in [1.82, 2.24) is 0 Å². The Morgan fingerprint density at radius 3 is 2.50 bits per heavy atom. The van der Waals surface area contributed by atoms with Crippen molar-refractivity contribution in [3.63, 3.8) is 0 Å². The number of allylic oxidation sites excluding steroid dienone is 1. The molecule has 12 heavy (non-hydrogen) atoms. The summed E-state index contributed by atoms with van der Waals surface area (Å²) in [7, 11) is 0.